The summed E-state index contributed by atoms with van der Waals surface area (Å²) >= 11 is 12.7. The van der Waals surface area contributed by atoms with Gasteiger partial charge in [-0.05, 0) is 42.4 Å². The quantitative estimate of drug-likeness (QED) is 0.634. The van der Waals surface area contributed by atoms with E-state index in [1.807, 2.05) is 6.07 Å². The molecule has 4 nitrogen and oxygen atoms in total. The number of para-hydroxylation sites is 1. The number of hydrogen-bond donors (Lipinski definition) is 1. The SMILES string of the molecule is CC(C)(C)[C@@H]1CCC(=O)[C@H]([C@@]2(O)C(=O)N(Cc3c(Cl)cccc3Cl)c3ccccc32)C1. The molecule has 1 heterocycles. The number of halogens is 2. The molecule has 2 aromatic rings. The maximum absolute atomic E-state index is 13.7. The molecule has 3 atom stereocenters. The van der Waals surface area contributed by atoms with Crippen molar-refractivity contribution in [3.63, 3.8) is 0 Å². The molecule has 0 aromatic heterocycles. The Balaban J connectivity index is 1.77. The third-order valence-electron chi connectivity index (χ3n) is 6.93. The first kappa shape index (κ1) is 22.3. The number of nitrogens with zero attached hydrogens (tertiary/aromatic N) is 1. The van der Waals surface area contributed by atoms with E-state index in [1.54, 1.807) is 36.4 Å². The zero-order chi connectivity index (χ0) is 22.6. The Hall–Kier alpha value is -1.88. The van der Waals surface area contributed by atoms with E-state index in [0.717, 1.165) is 6.42 Å². The minimum absolute atomic E-state index is 0.0126. The fourth-order valence-electron chi connectivity index (χ4n) is 5.01. The largest absolute Gasteiger partial charge is 0.375 e. The molecule has 0 bridgehead atoms. The molecule has 0 unspecified atom stereocenters. The molecule has 164 valence electrons. The Morgan fingerprint density at radius 1 is 1.06 bits per heavy atom. The Morgan fingerprint density at radius 2 is 1.71 bits per heavy atom. The zero-order valence-corrected chi connectivity index (χ0v) is 19.5. The number of Topliss-reactive ketones (excluding diaryl/α,β-unsaturated/α-hetero) is 1. The molecule has 1 amide bonds. The first-order valence-corrected chi connectivity index (χ1v) is 11.4. The average molecular weight is 460 g/mol. The van der Waals surface area contributed by atoms with Crippen molar-refractivity contribution >= 4 is 40.6 Å². The Labute approximate surface area is 193 Å². The third-order valence-corrected chi connectivity index (χ3v) is 7.64. The van der Waals surface area contributed by atoms with Crippen LogP contribution in [-0.4, -0.2) is 16.8 Å². The highest BCUT2D eigenvalue weighted by Crippen LogP contribution is 2.51. The molecule has 1 N–H and O–H groups in total. The lowest BCUT2D eigenvalue weighted by Gasteiger charge is -2.41. The first-order chi connectivity index (χ1) is 14.5. The summed E-state index contributed by atoms with van der Waals surface area (Å²) in [4.78, 5) is 28.3. The van der Waals surface area contributed by atoms with Crippen LogP contribution in [0.5, 0.6) is 0 Å². The van der Waals surface area contributed by atoms with Gasteiger partial charge in [-0.15, -0.1) is 0 Å². The summed E-state index contributed by atoms with van der Waals surface area (Å²) in [7, 11) is 0. The van der Waals surface area contributed by atoms with Gasteiger partial charge in [0.05, 0.1) is 18.2 Å². The zero-order valence-electron chi connectivity index (χ0n) is 18.0. The van der Waals surface area contributed by atoms with Gasteiger partial charge in [-0.2, -0.15) is 0 Å². The van der Waals surface area contributed by atoms with E-state index in [4.69, 9.17) is 23.2 Å². The van der Waals surface area contributed by atoms with E-state index in [0.29, 0.717) is 39.7 Å². The standard InChI is InChI=1S/C25H27Cl2NO3/c1-24(2,3)15-11-12-22(29)18(13-15)25(31)17-7-4-5-10-21(17)28(23(25)30)14-16-19(26)8-6-9-20(16)27/h4-10,15,18,31H,11-14H2,1-3H3/t15-,18-,25-/m1/s1. The molecular weight excluding hydrogens is 433 g/mol. The minimum Gasteiger partial charge on any atom is -0.375 e. The number of ketones is 1. The van der Waals surface area contributed by atoms with Gasteiger partial charge in [0.15, 0.2) is 5.60 Å². The van der Waals surface area contributed by atoms with Crippen LogP contribution in [0.3, 0.4) is 0 Å². The Morgan fingerprint density at radius 3 is 2.35 bits per heavy atom. The van der Waals surface area contributed by atoms with Gasteiger partial charge in [-0.1, -0.05) is 68.2 Å². The number of aliphatic hydroxyl groups is 1. The van der Waals surface area contributed by atoms with Crippen molar-refractivity contribution in [2.75, 3.05) is 4.90 Å². The van der Waals surface area contributed by atoms with Gasteiger partial charge in [0, 0.05) is 27.6 Å². The van der Waals surface area contributed by atoms with E-state index in [9.17, 15) is 14.7 Å². The second-order valence-electron chi connectivity index (χ2n) is 9.73. The third kappa shape index (κ3) is 3.69. The van der Waals surface area contributed by atoms with Crippen LogP contribution in [0.1, 0.15) is 51.2 Å². The number of benzene rings is 2. The summed E-state index contributed by atoms with van der Waals surface area (Å²) in [5.41, 5.74) is -0.208. The van der Waals surface area contributed by atoms with E-state index in [-0.39, 0.29) is 23.7 Å². The molecule has 6 heteroatoms. The highest BCUT2D eigenvalue weighted by molar-refractivity contribution is 6.36. The van der Waals surface area contributed by atoms with Crippen molar-refractivity contribution in [2.45, 2.75) is 52.2 Å². The van der Waals surface area contributed by atoms with Gasteiger partial charge >= 0.3 is 0 Å². The number of amides is 1. The monoisotopic (exact) mass is 459 g/mol. The molecule has 2 aromatic carbocycles. The fraction of sp³-hybridized carbons (Fsp3) is 0.440. The molecular formula is C25H27Cl2NO3. The summed E-state index contributed by atoms with van der Waals surface area (Å²) in [6, 6.07) is 12.3. The topological polar surface area (TPSA) is 57.6 Å². The highest BCUT2D eigenvalue weighted by Gasteiger charge is 2.58. The molecule has 1 saturated carbocycles. The van der Waals surface area contributed by atoms with Gasteiger partial charge in [-0.3, -0.25) is 9.59 Å². The minimum atomic E-state index is -1.88. The molecule has 2 aliphatic rings. The number of carbonyl (C=O) groups excluding carboxylic acids is 2. The van der Waals surface area contributed by atoms with E-state index < -0.39 is 17.4 Å². The summed E-state index contributed by atoms with van der Waals surface area (Å²) in [5, 5.41) is 12.8. The van der Waals surface area contributed by atoms with Crippen molar-refractivity contribution in [3.05, 3.63) is 63.6 Å². The number of rotatable bonds is 3. The molecule has 31 heavy (non-hydrogen) atoms. The second-order valence-corrected chi connectivity index (χ2v) is 10.5. The summed E-state index contributed by atoms with van der Waals surface area (Å²) in [6.45, 7) is 6.56. The fourth-order valence-corrected chi connectivity index (χ4v) is 5.53. The van der Waals surface area contributed by atoms with Gasteiger partial charge in [0.2, 0.25) is 0 Å². The smallest absolute Gasteiger partial charge is 0.264 e. The van der Waals surface area contributed by atoms with Crippen molar-refractivity contribution in [1.29, 1.82) is 0 Å². The molecule has 0 spiro atoms. The lowest BCUT2D eigenvalue weighted by atomic mass is 9.63. The van der Waals surface area contributed by atoms with Crippen LogP contribution in [0.4, 0.5) is 5.69 Å². The van der Waals surface area contributed by atoms with Gasteiger partial charge in [0.1, 0.15) is 5.78 Å². The van der Waals surface area contributed by atoms with Crippen LogP contribution < -0.4 is 4.90 Å². The first-order valence-electron chi connectivity index (χ1n) is 10.6. The molecule has 1 aliphatic carbocycles. The van der Waals surface area contributed by atoms with Crippen molar-refractivity contribution < 1.29 is 14.7 Å². The summed E-state index contributed by atoms with van der Waals surface area (Å²) in [6.07, 6.45) is 1.64. The van der Waals surface area contributed by atoms with Crippen LogP contribution in [0.2, 0.25) is 10.0 Å². The van der Waals surface area contributed by atoms with Crippen LogP contribution in [-0.2, 0) is 21.7 Å². The lowest BCUT2D eigenvalue weighted by molar-refractivity contribution is -0.154. The molecule has 1 aliphatic heterocycles. The summed E-state index contributed by atoms with van der Waals surface area (Å²) in [5.74, 6) is -1.07. The predicted octanol–water partition coefficient (Wildman–Crippen LogP) is 5.76. The molecule has 0 radical (unpaired) electrons. The van der Waals surface area contributed by atoms with E-state index in [2.05, 4.69) is 20.8 Å². The van der Waals surface area contributed by atoms with E-state index in [1.165, 1.54) is 4.90 Å². The highest BCUT2D eigenvalue weighted by atomic mass is 35.5. The van der Waals surface area contributed by atoms with Gasteiger partial charge < -0.3 is 10.0 Å². The van der Waals surface area contributed by atoms with Crippen molar-refractivity contribution in [1.82, 2.24) is 0 Å². The second kappa shape index (κ2) is 7.91. The molecule has 4 rings (SSSR count). The van der Waals surface area contributed by atoms with Crippen LogP contribution in [0, 0.1) is 17.3 Å². The number of carbonyl (C=O) groups is 2. The van der Waals surface area contributed by atoms with Crippen molar-refractivity contribution in [2.24, 2.45) is 17.3 Å². The Kier molecular flexibility index (Phi) is 5.70. The molecule has 1 fully saturated rings. The van der Waals surface area contributed by atoms with Crippen molar-refractivity contribution in [3.8, 4) is 0 Å². The normalized spacial score (nSPS) is 26.3. The maximum Gasteiger partial charge on any atom is 0.264 e. The van der Waals surface area contributed by atoms with Gasteiger partial charge in [0.25, 0.3) is 5.91 Å². The number of fused-ring (bicyclic) bond motifs is 1. The predicted molar refractivity (Wildman–Crippen MR) is 123 cm³/mol. The summed E-state index contributed by atoms with van der Waals surface area (Å²) < 4.78 is 0. The Bertz CT molecular complexity index is 1030. The maximum atomic E-state index is 13.7. The lowest BCUT2D eigenvalue weighted by Crippen LogP contribution is -2.51. The van der Waals surface area contributed by atoms with Crippen LogP contribution >= 0.6 is 23.2 Å². The van der Waals surface area contributed by atoms with E-state index >= 15 is 0 Å². The molecule has 0 saturated heterocycles. The average Bonchev–Trinajstić information content (AvgIpc) is 2.93. The van der Waals surface area contributed by atoms with Gasteiger partial charge in [-0.25, -0.2) is 0 Å². The number of anilines is 1. The van der Waals surface area contributed by atoms with Crippen LogP contribution in [0.25, 0.3) is 0 Å². The van der Waals surface area contributed by atoms with Crippen LogP contribution in [0.15, 0.2) is 42.5 Å². The number of hydrogen-bond acceptors (Lipinski definition) is 3.